The van der Waals surface area contributed by atoms with Crippen molar-refractivity contribution in [3.63, 3.8) is 0 Å². The molecule has 1 aliphatic rings. The van der Waals surface area contributed by atoms with Gasteiger partial charge in [0.15, 0.2) is 0 Å². The summed E-state index contributed by atoms with van der Waals surface area (Å²) < 4.78 is 10.9. The molecule has 0 amide bonds. The van der Waals surface area contributed by atoms with Gasteiger partial charge in [0.2, 0.25) is 0 Å². The smallest absolute Gasteiger partial charge is 0.123 e. The van der Waals surface area contributed by atoms with Crippen molar-refractivity contribution in [3.05, 3.63) is 24.2 Å². The van der Waals surface area contributed by atoms with Gasteiger partial charge in [-0.2, -0.15) is 0 Å². The van der Waals surface area contributed by atoms with Crippen LogP contribution < -0.4 is 5.32 Å². The summed E-state index contributed by atoms with van der Waals surface area (Å²) >= 11 is 0. The van der Waals surface area contributed by atoms with Crippen molar-refractivity contribution in [1.29, 1.82) is 0 Å². The van der Waals surface area contributed by atoms with E-state index in [1.54, 1.807) is 13.4 Å². The zero-order valence-corrected chi connectivity index (χ0v) is 8.69. The van der Waals surface area contributed by atoms with E-state index in [0.29, 0.717) is 5.92 Å². The van der Waals surface area contributed by atoms with Crippen LogP contribution in [0.3, 0.4) is 0 Å². The van der Waals surface area contributed by atoms with E-state index in [9.17, 15) is 0 Å². The minimum Gasteiger partial charge on any atom is -0.468 e. The first-order valence-corrected chi connectivity index (χ1v) is 5.10. The maximum atomic E-state index is 5.53. The number of methoxy groups -OCH3 is 1. The summed E-state index contributed by atoms with van der Waals surface area (Å²) in [6.07, 6.45) is 4.50. The molecule has 3 nitrogen and oxygen atoms in total. The molecule has 1 fully saturated rings. The molecule has 3 heteroatoms. The normalized spacial score (nSPS) is 20.7. The lowest BCUT2D eigenvalue weighted by Crippen LogP contribution is -2.32. The maximum Gasteiger partial charge on any atom is 0.123 e. The van der Waals surface area contributed by atoms with Gasteiger partial charge in [-0.05, 0) is 37.9 Å². The van der Waals surface area contributed by atoms with Crippen LogP contribution >= 0.6 is 0 Å². The fraction of sp³-hybridized carbons (Fsp3) is 0.636. The van der Waals surface area contributed by atoms with Crippen LogP contribution in [0.1, 0.15) is 24.6 Å². The highest BCUT2D eigenvalue weighted by atomic mass is 16.5. The number of nitrogens with one attached hydrogen (secondary N) is 1. The third-order valence-corrected chi connectivity index (χ3v) is 2.85. The molecule has 14 heavy (non-hydrogen) atoms. The maximum absolute atomic E-state index is 5.53. The zero-order valence-electron chi connectivity index (χ0n) is 8.69. The van der Waals surface area contributed by atoms with E-state index in [1.165, 1.54) is 12.8 Å². The van der Waals surface area contributed by atoms with Crippen LogP contribution in [0.15, 0.2) is 22.8 Å². The Hall–Kier alpha value is -0.800. The Balaban J connectivity index is 2.10. The van der Waals surface area contributed by atoms with Gasteiger partial charge in [-0.15, -0.1) is 0 Å². The number of likely N-dealkylation sites (N-methyl/N-ethyl adjacent to an activating group) is 1. The minimum absolute atomic E-state index is 0.183. The molecule has 0 aliphatic heterocycles. The fourth-order valence-electron chi connectivity index (χ4n) is 1.96. The molecule has 78 valence electrons. The van der Waals surface area contributed by atoms with Crippen molar-refractivity contribution < 1.29 is 9.15 Å². The SMILES string of the molecule is CNC(c1ccco1)C(OC)C1CC1. The van der Waals surface area contributed by atoms with Crippen molar-refractivity contribution in [3.8, 4) is 0 Å². The molecule has 2 rings (SSSR count). The summed E-state index contributed by atoms with van der Waals surface area (Å²) in [5, 5.41) is 3.26. The molecule has 0 saturated heterocycles. The predicted molar refractivity (Wildman–Crippen MR) is 54.0 cm³/mol. The highest BCUT2D eigenvalue weighted by Gasteiger charge is 2.37. The third kappa shape index (κ3) is 1.83. The van der Waals surface area contributed by atoms with Crippen LogP contribution in [-0.2, 0) is 4.74 Å². The molecule has 0 aromatic carbocycles. The lowest BCUT2D eigenvalue weighted by atomic mass is 10.0. The largest absolute Gasteiger partial charge is 0.468 e. The summed E-state index contributed by atoms with van der Waals surface area (Å²) in [6.45, 7) is 0. The average molecular weight is 195 g/mol. The Morgan fingerprint density at radius 1 is 1.57 bits per heavy atom. The molecule has 1 aromatic heterocycles. The Morgan fingerprint density at radius 2 is 2.36 bits per heavy atom. The molecule has 0 radical (unpaired) electrons. The van der Waals surface area contributed by atoms with Crippen molar-refractivity contribution in [2.75, 3.05) is 14.2 Å². The van der Waals surface area contributed by atoms with E-state index in [2.05, 4.69) is 5.32 Å². The first-order chi connectivity index (χ1) is 6.86. The highest BCUT2D eigenvalue weighted by molar-refractivity contribution is 5.08. The summed E-state index contributed by atoms with van der Waals surface area (Å²) in [4.78, 5) is 0. The Bertz CT molecular complexity index is 267. The number of hydrogen-bond donors (Lipinski definition) is 1. The van der Waals surface area contributed by atoms with Gasteiger partial charge >= 0.3 is 0 Å². The van der Waals surface area contributed by atoms with E-state index in [-0.39, 0.29) is 12.1 Å². The van der Waals surface area contributed by atoms with Gasteiger partial charge in [0, 0.05) is 7.11 Å². The van der Waals surface area contributed by atoms with Crippen LogP contribution in [0, 0.1) is 5.92 Å². The van der Waals surface area contributed by atoms with Gasteiger partial charge in [0.1, 0.15) is 5.76 Å². The van der Waals surface area contributed by atoms with Crippen LogP contribution in [0.5, 0.6) is 0 Å². The molecule has 1 N–H and O–H groups in total. The summed E-state index contributed by atoms with van der Waals surface area (Å²) in [5.74, 6) is 1.66. The number of furan rings is 1. The second-order valence-corrected chi connectivity index (χ2v) is 3.82. The monoisotopic (exact) mass is 195 g/mol. The zero-order chi connectivity index (χ0) is 9.97. The van der Waals surface area contributed by atoms with E-state index < -0.39 is 0 Å². The van der Waals surface area contributed by atoms with Crippen molar-refractivity contribution in [2.45, 2.75) is 25.0 Å². The molecule has 0 spiro atoms. The predicted octanol–water partition coefficient (Wildman–Crippen LogP) is 1.97. The average Bonchev–Trinajstić information content (AvgIpc) is 2.90. The Morgan fingerprint density at radius 3 is 2.79 bits per heavy atom. The van der Waals surface area contributed by atoms with Gasteiger partial charge in [0.25, 0.3) is 0 Å². The molecule has 0 bridgehead atoms. The molecule has 1 aliphatic carbocycles. The van der Waals surface area contributed by atoms with Gasteiger partial charge in [-0.1, -0.05) is 0 Å². The van der Waals surface area contributed by atoms with E-state index in [4.69, 9.17) is 9.15 Å². The molecule has 1 aromatic rings. The molecule has 1 heterocycles. The molecule has 1 saturated carbocycles. The number of ether oxygens (including phenoxy) is 1. The fourth-order valence-corrected chi connectivity index (χ4v) is 1.96. The quantitative estimate of drug-likeness (QED) is 0.780. The van der Waals surface area contributed by atoms with Crippen molar-refractivity contribution >= 4 is 0 Å². The number of hydrogen-bond acceptors (Lipinski definition) is 3. The topological polar surface area (TPSA) is 34.4 Å². The van der Waals surface area contributed by atoms with Crippen LogP contribution in [0.4, 0.5) is 0 Å². The standard InChI is InChI=1S/C11H17NO2/c1-12-10(9-4-3-7-14-9)11(13-2)8-5-6-8/h3-4,7-8,10-12H,5-6H2,1-2H3. The lowest BCUT2D eigenvalue weighted by molar-refractivity contribution is 0.0464. The van der Waals surface area contributed by atoms with Crippen LogP contribution in [0.2, 0.25) is 0 Å². The minimum atomic E-state index is 0.183. The van der Waals surface area contributed by atoms with Gasteiger partial charge in [-0.25, -0.2) is 0 Å². The molecular formula is C11H17NO2. The van der Waals surface area contributed by atoms with Gasteiger partial charge in [0.05, 0.1) is 18.4 Å². The van der Waals surface area contributed by atoms with E-state index in [0.717, 1.165) is 5.76 Å². The third-order valence-electron chi connectivity index (χ3n) is 2.85. The summed E-state index contributed by atoms with van der Waals surface area (Å²) in [5.41, 5.74) is 0. The first-order valence-electron chi connectivity index (χ1n) is 5.10. The first kappa shape index (κ1) is 9.74. The second kappa shape index (κ2) is 4.15. The van der Waals surface area contributed by atoms with E-state index in [1.807, 2.05) is 19.2 Å². The Kier molecular flexibility index (Phi) is 2.89. The van der Waals surface area contributed by atoms with Crippen molar-refractivity contribution in [1.82, 2.24) is 5.32 Å². The van der Waals surface area contributed by atoms with Gasteiger partial charge in [-0.3, -0.25) is 0 Å². The second-order valence-electron chi connectivity index (χ2n) is 3.82. The van der Waals surface area contributed by atoms with Crippen LogP contribution in [0.25, 0.3) is 0 Å². The highest BCUT2D eigenvalue weighted by Crippen LogP contribution is 2.39. The Labute approximate surface area is 84.4 Å². The van der Waals surface area contributed by atoms with Crippen LogP contribution in [-0.4, -0.2) is 20.3 Å². The molecule has 2 atom stereocenters. The lowest BCUT2D eigenvalue weighted by Gasteiger charge is -2.23. The molecule has 2 unspecified atom stereocenters. The number of rotatable bonds is 5. The van der Waals surface area contributed by atoms with E-state index >= 15 is 0 Å². The summed E-state index contributed by atoms with van der Waals surface area (Å²) in [6, 6.07) is 4.09. The summed E-state index contributed by atoms with van der Waals surface area (Å²) in [7, 11) is 3.72. The van der Waals surface area contributed by atoms with Gasteiger partial charge < -0.3 is 14.5 Å². The molecular weight excluding hydrogens is 178 g/mol. The van der Waals surface area contributed by atoms with Crippen molar-refractivity contribution in [2.24, 2.45) is 5.92 Å².